The summed E-state index contributed by atoms with van der Waals surface area (Å²) in [5.41, 5.74) is 3.21. The number of amides is 1. The summed E-state index contributed by atoms with van der Waals surface area (Å²) in [6.45, 7) is 4.25. The van der Waals surface area contributed by atoms with Gasteiger partial charge in [0.1, 0.15) is 11.9 Å². The second-order valence-electron chi connectivity index (χ2n) is 3.94. The number of hydrogen-bond acceptors (Lipinski definition) is 7. The highest BCUT2D eigenvalue weighted by Crippen LogP contribution is 2.27. The zero-order chi connectivity index (χ0) is 13.8. The van der Waals surface area contributed by atoms with Gasteiger partial charge in [-0.25, -0.2) is 10.8 Å². The van der Waals surface area contributed by atoms with E-state index in [0.29, 0.717) is 18.3 Å². The molecule has 2 aromatic heterocycles. The molecule has 2 heterocycles. The third-order valence-electron chi connectivity index (χ3n) is 2.53. The van der Waals surface area contributed by atoms with Gasteiger partial charge in [-0.1, -0.05) is 0 Å². The Bertz CT molecular complexity index is 584. The third kappa shape index (κ3) is 2.91. The van der Waals surface area contributed by atoms with Crippen molar-refractivity contribution in [2.24, 2.45) is 5.84 Å². The molecule has 0 aliphatic rings. The van der Waals surface area contributed by atoms with Crippen molar-refractivity contribution in [3.8, 4) is 0 Å². The number of hydrazine groups is 1. The Balaban J connectivity index is 2.28. The van der Waals surface area contributed by atoms with Gasteiger partial charge < -0.3 is 10.6 Å². The number of rotatable bonds is 5. The molecule has 102 valence electrons. The lowest BCUT2D eigenvalue weighted by molar-refractivity contribution is -0.121. The number of nitrogens with one attached hydrogen (secondary N) is 3. The molecule has 0 aromatic carbocycles. The second-order valence-corrected chi connectivity index (χ2v) is 4.85. The van der Waals surface area contributed by atoms with E-state index in [4.69, 9.17) is 5.84 Å². The van der Waals surface area contributed by atoms with Crippen LogP contribution in [0.3, 0.4) is 0 Å². The molecule has 0 fully saturated rings. The molecule has 2 aromatic rings. The van der Waals surface area contributed by atoms with Gasteiger partial charge in [0.25, 0.3) is 0 Å². The summed E-state index contributed by atoms with van der Waals surface area (Å²) < 4.78 is 0.898. The fourth-order valence-electron chi connectivity index (χ4n) is 1.62. The first-order chi connectivity index (χ1) is 9.15. The summed E-state index contributed by atoms with van der Waals surface area (Å²) in [5.74, 6) is 6.18. The fraction of sp³-hybridized carbons (Fsp3) is 0.364. The maximum Gasteiger partial charge on any atom is 0.242 e. The zero-order valence-corrected chi connectivity index (χ0v) is 11.5. The van der Waals surface area contributed by atoms with Gasteiger partial charge in [0, 0.05) is 6.54 Å². The molecule has 0 saturated heterocycles. The van der Waals surface area contributed by atoms with Crippen LogP contribution in [0.1, 0.15) is 13.8 Å². The maximum atomic E-state index is 11.7. The van der Waals surface area contributed by atoms with Gasteiger partial charge >= 0.3 is 0 Å². The molecule has 8 heteroatoms. The highest BCUT2D eigenvalue weighted by Gasteiger charge is 2.15. The normalized spacial score (nSPS) is 12.2. The fourth-order valence-corrected chi connectivity index (χ4v) is 2.41. The van der Waals surface area contributed by atoms with Crippen molar-refractivity contribution in [1.29, 1.82) is 0 Å². The van der Waals surface area contributed by atoms with E-state index in [1.165, 1.54) is 11.3 Å². The number of fused-ring (bicyclic) bond motifs is 1. The third-order valence-corrected chi connectivity index (χ3v) is 3.44. The Kier molecular flexibility index (Phi) is 4.13. The minimum absolute atomic E-state index is 0.0759. The summed E-state index contributed by atoms with van der Waals surface area (Å²) in [4.78, 5) is 20.2. The number of carbonyl (C=O) groups excluding carboxylic acids is 1. The molecule has 5 N–H and O–H groups in total. The molecule has 2 rings (SSSR count). The van der Waals surface area contributed by atoms with Gasteiger partial charge in [0.15, 0.2) is 0 Å². The van der Waals surface area contributed by atoms with E-state index < -0.39 is 0 Å². The first-order valence-corrected chi connectivity index (χ1v) is 6.79. The Hall–Kier alpha value is -1.93. The predicted octanol–water partition coefficient (Wildman–Crippen LogP) is 0.913. The summed E-state index contributed by atoms with van der Waals surface area (Å²) in [5, 5.41) is 7.75. The van der Waals surface area contributed by atoms with E-state index in [-0.39, 0.29) is 11.9 Å². The lowest BCUT2D eigenvalue weighted by Gasteiger charge is -2.14. The zero-order valence-electron chi connectivity index (χ0n) is 10.7. The molecule has 19 heavy (non-hydrogen) atoms. The number of nitrogens with zero attached hydrogens (tertiary/aromatic N) is 2. The van der Waals surface area contributed by atoms with Gasteiger partial charge in [0.05, 0.1) is 10.2 Å². The van der Waals surface area contributed by atoms with E-state index in [9.17, 15) is 4.79 Å². The monoisotopic (exact) mass is 280 g/mol. The Morgan fingerprint density at radius 3 is 3.00 bits per heavy atom. The van der Waals surface area contributed by atoms with E-state index >= 15 is 0 Å². The Labute approximate surface area is 114 Å². The summed E-state index contributed by atoms with van der Waals surface area (Å²) in [6.07, 6.45) is 0. The van der Waals surface area contributed by atoms with Gasteiger partial charge in [-0.15, -0.1) is 11.3 Å². The minimum atomic E-state index is -0.384. The van der Waals surface area contributed by atoms with Gasteiger partial charge in [0.2, 0.25) is 11.9 Å². The minimum Gasteiger partial charge on any atom is -0.357 e. The first kappa shape index (κ1) is 13.5. The van der Waals surface area contributed by atoms with Gasteiger partial charge in [-0.2, -0.15) is 4.98 Å². The van der Waals surface area contributed by atoms with Gasteiger partial charge in [-0.3, -0.25) is 10.2 Å². The van der Waals surface area contributed by atoms with Crippen molar-refractivity contribution in [1.82, 2.24) is 15.3 Å². The molecular weight excluding hydrogens is 264 g/mol. The number of aromatic nitrogens is 2. The maximum absolute atomic E-state index is 11.7. The van der Waals surface area contributed by atoms with Crippen LogP contribution in [0.4, 0.5) is 11.8 Å². The predicted molar refractivity (Wildman–Crippen MR) is 77.0 cm³/mol. The molecule has 1 atom stereocenters. The van der Waals surface area contributed by atoms with E-state index in [2.05, 4.69) is 26.0 Å². The first-order valence-electron chi connectivity index (χ1n) is 5.91. The van der Waals surface area contributed by atoms with Crippen LogP contribution in [0.5, 0.6) is 0 Å². The standard InChI is InChI=1S/C11H16N6OS/c1-3-13-10(18)6(2)14-9-8-7(4-5-19-8)15-11(16-9)17-12/h4-6H,3,12H2,1-2H3,(H,13,18)(H2,14,15,16,17). The van der Waals surface area contributed by atoms with Crippen molar-refractivity contribution in [3.05, 3.63) is 11.4 Å². The van der Waals surface area contributed by atoms with Crippen molar-refractivity contribution in [2.75, 3.05) is 17.3 Å². The van der Waals surface area contributed by atoms with Crippen LogP contribution in [-0.4, -0.2) is 28.5 Å². The van der Waals surface area contributed by atoms with Crippen LogP contribution in [0.25, 0.3) is 10.2 Å². The number of likely N-dealkylation sites (N-methyl/N-ethyl adjacent to an activating group) is 1. The smallest absolute Gasteiger partial charge is 0.242 e. The molecule has 1 amide bonds. The van der Waals surface area contributed by atoms with Crippen molar-refractivity contribution in [3.63, 3.8) is 0 Å². The number of hydrogen-bond donors (Lipinski definition) is 4. The average Bonchev–Trinajstić information content (AvgIpc) is 2.87. The number of nitrogens with two attached hydrogens (primary N) is 1. The van der Waals surface area contributed by atoms with Crippen molar-refractivity contribution in [2.45, 2.75) is 19.9 Å². The molecule has 0 spiro atoms. The molecule has 0 bridgehead atoms. The lowest BCUT2D eigenvalue weighted by Crippen LogP contribution is -2.37. The SMILES string of the molecule is CCNC(=O)C(C)Nc1nc(NN)nc2ccsc12. The van der Waals surface area contributed by atoms with E-state index in [1.54, 1.807) is 6.92 Å². The summed E-state index contributed by atoms with van der Waals surface area (Å²) in [7, 11) is 0. The van der Waals surface area contributed by atoms with Crippen LogP contribution in [0.2, 0.25) is 0 Å². The van der Waals surface area contributed by atoms with Crippen LogP contribution in [0.15, 0.2) is 11.4 Å². The second kappa shape index (κ2) is 5.81. The average molecular weight is 280 g/mol. The highest BCUT2D eigenvalue weighted by molar-refractivity contribution is 7.17. The van der Waals surface area contributed by atoms with Gasteiger partial charge in [-0.05, 0) is 25.3 Å². The highest BCUT2D eigenvalue weighted by atomic mass is 32.1. The largest absolute Gasteiger partial charge is 0.357 e. The van der Waals surface area contributed by atoms with Crippen molar-refractivity contribution < 1.29 is 4.79 Å². The lowest BCUT2D eigenvalue weighted by atomic mass is 10.3. The molecule has 0 radical (unpaired) electrons. The number of nitrogen functional groups attached to an aromatic ring is 1. The molecule has 0 aliphatic carbocycles. The number of anilines is 2. The molecular formula is C11H16N6OS. The molecule has 7 nitrogen and oxygen atoms in total. The Morgan fingerprint density at radius 1 is 1.53 bits per heavy atom. The van der Waals surface area contributed by atoms with Crippen LogP contribution in [0, 0.1) is 0 Å². The molecule has 1 unspecified atom stereocenters. The van der Waals surface area contributed by atoms with Crippen LogP contribution < -0.4 is 21.9 Å². The number of thiophene rings is 1. The Morgan fingerprint density at radius 2 is 2.32 bits per heavy atom. The summed E-state index contributed by atoms with van der Waals surface area (Å²) in [6, 6.07) is 1.50. The van der Waals surface area contributed by atoms with E-state index in [1.807, 2.05) is 18.4 Å². The quantitative estimate of drug-likeness (QED) is 0.479. The molecule has 0 saturated carbocycles. The van der Waals surface area contributed by atoms with Crippen LogP contribution in [-0.2, 0) is 4.79 Å². The van der Waals surface area contributed by atoms with E-state index in [0.717, 1.165) is 10.2 Å². The number of carbonyl (C=O) groups is 1. The summed E-state index contributed by atoms with van der Waals surface area (Å²) >= 11 is 1.51. The topological polar surface area (TPSA) is 105 Å². The molecule has 0 aliphatic heterocycles. The van der Waals surface area contributed by atoms with Crippen LogP contribution >= 0.6 is 11.3 Å². The van der Waals surface area contributed by atoms with Crippen molar-refractivity contribution >= 4 is 39.2 Å².